The molecule has 2 aromatic rings. The van der Waals surface area contributed by atoms with E-state index in [0.29, 0.717) is 6.04 Å². The van der Waals surface area contributed by atoms with Gasteiger partial charge < -0.3 is 20.4 Å². The fraction of sp³-hybridized carbons (Fsp3) is 0.577. The molecule has 0 bridgehead atoms. The number of anilines is 2. The largest absolute Gasteiger partial charge is 0.356 e. The average Bonchev–Trinajstić information content (AvgIpc) is 3.48. The van der Waals surface area contributed by atoms with Crippen molar-refractivity contribution < 1.29 is 9.59 Å². The minimum Gasteiger partial charge on any atom is -0.356 e. The van der Waals surface area contributed by atoms with Gasteiger partial charge in [0.05, 0.1) is 11.4 Å². The molecule has 0 aliphatic carbocycles. The number of amides is 2. The molecule has 2 aliphatic heterocycles. The van der Waals surface area contributed by atoms with Gasteiger partial charge in [0.1, 0.15) is 5.69 Å². The third kappa shape index (κ3) is 5.60. The minimum atomic E-state index is -0.116. The zero-order valence-electron chi connectivity index (χ0n) is 20.7. The predicted octanol–water partition coefficient (Wildman–Crippen LogP) is 3.35. The fourth-order valence-corrected chi connectivity index (χ4v) is 5.15. The number of aromatic nitrogens is 2. The second-order valence-corrected chi connectivity index (χ2v) is 9.65. The Balaban J connectivity index is 1.38. The van der Waals surface area contributed by atoms with Crippen molar-refractivity contribution in [2.45, 2.75) is 58.9 Å². The molecule has 2 fully saturated rings. The molecule has 4 rings (SSSR count). The lowest BCUT2D eigenvalue weighted by Gasteiger charge is -2.33. The first-order chi connectivity index (χ1) is 16.4. The van der Waals surface area contributed by atoms with Crippen LogP contribution in [0.5, 0.6) is 0 Å². The fourth-order valence-electron chi connectivity index (χ4n) is 5.15. The molecule has 184 valence electrons. The molecule has 2 N–H and O–H groups in total. The number of piperidine rings is 1. The zero-order valence-corrected chi connectivity index (χ0v) is 20.7. The molecule has 34 heavy (non-hydrogen) atoms. The molecule has 8 heteroatoms. The van der Waals surface area contributed by atoms with Gasteiger partial charge in [0, 0.05) is 38.5 Å². The maximum absolute atomic E-state index is 12.8. The summed E-state index contributed by atoms with van der Waals surface area (Å²) in [5.74, 6) is 0.964. The van der Waals surface area contributed by atoms with Crippen molar-refractivity contribution in [1.29, 1.82) is 0 Å². The van der Waals surface area contributed by atoms with Crippen molar-refractivity contribution in [2.24, 2.45) is 5.92 Å². The third-order valence-electron chi connectivity index (χ3n) is 7.13. The van der Waals surface area contributed by atoms with Crippen LogP contribution in [0.25, 0.3) is 5.69 Å². The van der Waals surface area contributed by atoms with Crippen molar-refractivity contribution in [3.63, 3.8) is 0 Å². The molecular formula is C26H38N6O2. The highest BCUT2D eigenvalue weighted by molar-refractivity contribution is 5.93. The maximum atomic E-state index is 12.8. The number of nitrogens with one attached hydrogen (secondary N) is 2. The van der Waals surface area contributed by atoms with Crippen LogP contribution in [0.2, 0.25) is 0 Å². The first kappa shape index (κ1) is 24.3. The van der Waals surface area contributed by atoms with Gasteiger partial charge in [-0.3, -0.25) is 9.59 Å². The predicted molar refractivity (Wildman–Crippen MR) is 135 cm³/mol. The first-order valence-electron chi connectivity index (χ1n) is 12.6. The number of hydrogen-bond donors (Lipinski definition) is 2. The van der Waals surface area contributed by atoms with Crippen molar-refractivity contribution in [3.05, 3.63) is 36.0 Å². The van der Waals surface area contributed by atoms with Crippen molar-refractivity contribution in [1.82, 2.24) is 20.0 Å². The summed E-state index contributed by atoms with van der Waals surface area (Å²) in [4.78, 5) is 29.5. The van der Waals surface area contributed by atoms with Crippen molar-refractivity contribution in [3.8, 4) is 5.69 Å². The normalized spacial score (nSPS) is 18.1. The number of nitrogens with zero attached hydrogens (tertiary/aromatic N) is 4. The van der Waals surface area contributed by atoms with Crippen LogP contribution >= 0.6 is 0 Å². The third-order valence-corrected chi connectivity index (χ3v) is 7.13. The lowest BCUT2D eigenvalue weighted by Crippen LogP contribution is -2.42. The van der Waals surface area contributed by atoms with E-state index in [1.165, 1.54) is 32.9 Å². The van der Waals surface area contributed by atoms with Gasteiger partial charge in [-0.15, -0.1) is 0 Å². The lowest BCUT2D eigenvalue weighted by molar-refractivity contribution is -0.125. The molecule has 1 unspecified atom stereocenters. The van der Waals surface area contributed by atoms with E-state index in [-0.39, 0.29) is 17.7 Å². The Hall–Kier alpha value is -2.87. The Morgan fingerprint density at radius 1 is 1.09 bits per heavy atom. The number of carbonyl (C=O) groups is 2. The highest BCUT2D eigenvalue weighted by Crippen LogP contribution is 2.34. The smallest absolute Gasteiger partial charge is 0.223 e. The Labute approximate surface area is 202 Å². The Bertz CT molecular complexity index is 975. The topological polar surface area (TPSA) is 82.5 Å². The van der Waals surface area contributed by atoms with E-state index >= 15 is 0 Å². The van der Waals surface area contributed by atoms with Crippen LogP contribution in [0.4, 0.5) is 11.5 Å². The second kappa shape index (κ2) is 11.0. The van der Waals surface area contributed by atoms with Crippen LogP contribution in [0.3, 0.4) is 0 Å². The van der Waals surface area contributed by atoms with Gasteiger partial charge in [0.2, 0.25) is 11.8 Å². The molecule has 0 spiro atoms. The average molecular weight is 467 g/mol. The van der Waals surface area contributed by atoms with Gasteiger partial charge in [-0.25, -0.2) is 4.68 Å². The minimum absolute atomic E-state index is 0.0248. The van der Waals surface area contributed by atoms with E-state index in [1.54, 1.807) is 0 Å². The van der Waals surface area contributed by atoms with Gasteiger partial charge in [0.15, 0.2) is 5.82 Å². The summed E-state index contributed by atoms with van der Waals surface area (Å²) in [7, 11) is 0. The van der Waals surface area contributed by atoms with Gasteiger partial charge in [0.25, 0.3) is 0 Å². The number of benzene rings is 1. The monoisotopic (exact) mass is 466 g/mol. The number of likely N-dealkylation sites (tertiary alicyclic amines) is 1. The standard InChI is InChI=1S/C26H38N6O2/c1-19(30-15-7-8-16-30)11-14-27-25(34)22-12-17-31(18-13-22)26-24(28-21(3)33)20(2)29-32(26)23-9-5-4-6-10-23/h4-6,9-10,19,22H,7-8,11-18H2,1-3H3,(H,27,34)(H,28,33). The number of carbonyl (C=O) groups excluding carboxylic acids is 2. The molecule has 2 saturated heterocycles. The van der Waals surface area contributed by atoms with Crippen LogP contribution in [-0.4, -0.2) is 65.3 Å². The number of rotatable bonds is 8. The van der Waals surface area contributed by atoms with Crippen LogP contribution < -0.4 is 15.5 Å². The van der Waals surface area contributed by atoms with Crippen LogP contribution in [0, 0.1) is 12.8 Å². The van der Waals surface area contributed by atoms with Crippen molar-refractivity contribution >= 4 is 23.3 Å². The number of hydrogen-bond acceptors (Lipinski definition) is 5. The summed E-state index contributed by atoms with van der Waals surface area (Å²) in [5, 5.41) is 10.9. The summed E-state index contributed by atoms with van der Waals surface area (Å²) in [5.41, 5.74) is 2.47. The van der Waals surface area contributed by atoms with E-state index in [2.05, 4.69) is 27.4 Å². The molecule has 1 aromatic heterocycles. The van der Waals surface area contributed by atoms with Gasteiger partial charge in [-0.05, 0) is 71.2 Å². The van der Waals surface area contributed by atoms with Gasteiger partial charge in [-0.2, -0.15) is 5.10 Å². The Morgan fingerprint density at radius 2 is 1.76 bits per heavy atom. The molecule has 1 aromatic carbocycles. The summed E-state index contributed by atoms with van der Waals surface area (Å²) in [6.45, 7) is 10.3. The number of aryl methyl sites for hydroxylation is 1. The molecule has 2 aliphatic rings. The first-order valence-corrected chi connectivity index (χ1v) is 12.6. The summed E-state index contributed by atoms with van der Waals surface area (Å²) < 4.78 is 1.90. The highest BCUT2D eigenvalue weighted by Gasteiger charge is 2.30. The second-order valence-electron chi connectivity index (χ2n) is 9.65. The van der Waals surface area contributed by atoms with Gasteiger partial charge >= 0.3 is 0 Å². The van der Waals surface area contributed by atoms with E-state index in [1.807, 2.05) is 41.9 Å². The molecular weight excluding hydrogens is 428 g/mol. The van der Waals surface area contributed by atoms with Crippen LogP contribution in [0.1, 0.15) is 51.6 Å². The quantitative estimate of drug-likeness (QED) is 0.624. The SMILES string of the molecule is CC(=O)Nc1c(C)nn(-c2ccccc2)c1N1CCC(C(=O)NCCC(C)N2CCCC2)CC1. The summed E-state index contributed by atoms with van der Waals surface area (Å²) >= 11 is 0. The lowest BCUT2D eigenvalue weighted by atomic mass is 9.95. The molecule has 2 amide bonds. The molecule has 1 atom stereocenters. The summed E-state index contributed by atoms with van der Waals surface area (Å²) in [6, 6.07) is 10.5. The molecule has 0 radical (unpaired) electrons. The van der Waals surface area contributed by atoms with E-state index in [4.69, 9.17) is 5.10 Å². The van der Waals surface area contributed by atoms with Crippen molar-refractivity contribution in [2.75, 3.05) is 42.9 Å². The maximum Gasteiger partial charge on any atom is 0.223 e. The van der Waals surface area contributed by atoms with Crippen LogP contribution in [0.15, 0.2) is 30.3 Å². The molecule has 8 nitrogen and oxygen atoms in total. The highest BCUT2D eigenvalue weighted by atomic mass is 16.2. The zero-order chi connectivity index (χ0) is 24.1. The number of para-hydroxylation sites is 1. The van der Waals surface area contributed by atoms with E-state index in [0.717, 1.165) is 61.8 Å². The molecule has 3 heterocycles. The Morgan fingerprint density at radius 3 is 2.41 bits per heavy atom. The van der Waals surface area contributed by atoms with E-state index < -0.39 is 0 Å². The van der Waals surface area contributed by atoms with E-state index in [9.17, 15) is 9.59 Å². The van der Waals surface area contributed by atoms with Gasteiger partial charge in [-0.1, -0.05) is 18.2 Å². The molecule has 0 saturated carbocycles. The Kier molecular flexibility index (Phi) is 7.88. The van der Waals surface area contributed by atoms with Crippen LogP contribution in [-0.2, 0) is 9.59 Å². The summed E-state index contributed by atoms with van der Waals surface area (Å²) in [6.07, 6.45) is 5.15.